The van der Waals surface area contributed by atoms with Gasteiger partial charge in [-0.05, 0) is 18.2 Å². The second-order valence-corrected chi connectivity index (χ2v) is 3.69. The highest BCUT2D eigenvalue weighted by molar-refractivity contribution is 5.61. The molecule has 0 spiro atoms. The fourth-order valence-electron chi connectivity index (χ4n) is 1.60. The van der Waals surface area contributed by atoms with Crippen molar-refractivity contribution < 1.29 is 9.31 Å². The van der Waals surface area contributed by atoms with Crippen LogP contribution >= 0.6 is 0 Å². The molecule has 0 atom stereocenters. The van der Waals surface area contributed by atoms with Crippen LogP contribution in [0.1, 0.15) is 5.69 Å². The van der Waals surface area contributed by atoms with Crippen molar-refractivity contribution >= 4 is 11.4 Å². The fraction of sp³-hybridized carbons (Fsp3) is 0.182. The molecule has 0 saturated heterocycles. The highest BCUT2D eigenvalue weighted by Crippen LogP contribution is 2.27. The molecule has 2 aromatic rings. The normalized spacial score (nSPS) is 10.3. The Labute approximate surface area is 102 Å². The molecule has 1 N–H and O–H groups in total. The van der Waals surface area contributed by atoms with Gasteiger partial charge >= 0.3 is 5.69 Å². The maximum Gasteiger partial charge on any atom is 0.327 e. The zero-order valence-electron chi connectivity index (χ0n) is 9.63. The molecular weight excluding hydrogens is 239 g/mol. The third-order valence-electron chi connectivity index (χ3n) is 2.55. The van der Waals surface area contributed by atoms with Gasteiger partial charge in [-0.25, -0.2) is 0 Å². The van der Waals surface area contributed by atoms with Gasteiger partial charge in [-0.15, -0.1) is 0 Å². The van der Waals surface area contributed by atoms with Crippen LogP contribution < -0.4 is 5.32 Å². The molecule has 0 amide bonds. The smallest absolute Gasteiger partial charge is 0.327 e. The van der Waals surface area contributed by atoms with E-state index < -0.39 is 16.4 Å². The minimum atomic E-state index is -0.852. The number of hydrogen-bond donors (Lipinski definition) is 1. The molecule has 0 aliphatic carbocycles. The highest BCUT2D eigenvalue weighted by Gasteiger charge is 2.19. The van der Waals surface area contributed by atoms with E-state index in [0.29, 0.717) is 6.54 Å². The summed E-state index contributed by atoms with van der Waals surface area (Å²) in [5.74, 6) is -0.852. The minimum absolute atomic E-state index is 0.154. The summed E-state index contributed by atoms with van der Waals surface area (Å²) in [6.07, 6.45) is 1.62. The van der Waals surface area contributed by atoms with Crippen molar-refractivity contribution in [3.63, 3.8) is 0 Å². The van der Waals surface area contributed by atoms with E-state index in [2.05, 4.69) is 10.4 Å². The van der Waals surface area contributed by atoms with Gasteiger partial charge in [-0.3, -0.25) is 14.8 Å². The van der Waals surface area contributed by atoms with Crippen molar-refractivity contribution in [2.75, 3.05) is 5.32 Å². The molecule has 0 unspecified atom stereocenters. The molecule has 0 aliphatic heterocycles. The van der Waals surface area contributed by atoms with Crippen molar-refractivity contribution in [2.24, 2.45) is 7.05 Å². The number of nitrogens with one attached hydrogen (secondary N) is 1. The number of nitro groups is 1. The van der Waals surface area contributed by atoms with E-state index in [1.807, 2.05) is 0 Å². The molecule has 2 rings (SSSR count). The summed E-state index contributed by atoms with van der Waals surface area (Å²) in [4.78, 5) is 10.0. The predicted molar refractivity (Wildman–Crippen MR) is 63.6 cm³/mol. The first-order valence-corrected chi connectivity index (χ1v) is 5.23. The molecular formula is C11H11FN4O2. The highest BCUT2D eigenvalue weighted by atomic mass is 19.1. The van der Waals surface area contributed by atoms with E-state index in [9.17, 15) is 14.5 Å². The molecule has 94 valence electrons. The molecule has 0 fully saturated rings. The number of hydrogen-bond acceptors (Lipinski definition) is 4. The van der Waals surface area contributed by atoms with Crippen molar-refractivity contribution in [1.29, 1.82) is 0 Å². The first-order chi connectivity index (χ1) is 8.59. The van der Waals surface area contributed by atoms with Gasteiger partial charge in [-0.2, -0.15) is 9.49 Å². The van der Waals surface area contributed by atoms with Crippen LogP contribution in [0, 0.1) is 15.9 Å². The maximum atomic E-state index is 13.3. The Hall–Kier alpha value is -2.44. The lowest BCUT2D eigenvalue weighted by molar-refractivity contribution is -0.386. The zero-order valence-corrected chi connectivity index (χ0v) is 9.63. The molecule has 0 radical (unpaired) electrons. The van der Waals surface area contributed by atoms with Crippen molar-refractivity contribution in [3.8, 4) is 0 Å². The van der Waals surface area contributed by atoms with Crippen LogP contribution in [0.15, 0.2) is 30.5 Å². The molecule has 1 heterocycles. The van der Waals surface area contributed by atoms with E-state index in [1.54, 1.807) is 24.0 Å². The van der Waals surface area contributed by atoms with Gasteiger partial charge in [0, 0.05) is 13.2 Å². The number of nitro benzene ring substituents is 1. The Morgan fingerprint density at radius 3 is 2.89 bits per heavy atom. The molecule has 0 saturated carbocycles. The number of benzene rings is 1. The monoisotopic (exact) mass is 250 g/mol. The van der Waals surface area contributed by atoms with Crippen molar-refractivity contribution in [2.45, 2.75) is 6.54 Å². The van der Waals surface area contributed by atoms with E-state index in [-0.39, 0.29) is 5.69 Å². The van der Waals surface area contributed by atoms with Crippen LogP contribution in [0.4, 0.5) is 15.8 Å². The summed E-state index contributed by atoms with van der Waals surface area (Å²) < 4.78 is 15.0. The summed E-state index contributed by atoms with van der Waals surface area (Å²) >= 11 is 0. The fourth-order valence-corrected chi connectivity index (χ4v) is 1.60. The van der Waals surface area contributed by atoms with E-state index in [1.165, 1.54) is 12.1 Å². The predicted octanol–water partition coefficient (Wildman–Crippen LogP) is 2.08. The first-order valence-electron chi connectivity index (χ1n) is 5.23. The van der Waals surface area contributed by atoms with Crippen LogP contribution in [0.25, 0.3) is 0 Å². The van der Waals surface area contributed by atoms with Gasteiger partial charge in [-0.1, -0.05) is 6.07 Å². The van der Waals surface area contributed by atoms with E-state index in [0.717, 1.165) is 11.8 Å². The second kappa shape index (κ2) is 4.82. The van der Waals surface area contributed by atoms with Crippen LogP contribution in [0.2, 0.25) is 0 Å². The summed E-state index contributed by atoms with van der Waals surface area (Å²) in [7, 11) is 1.76. The third-order valence-corrected chi connectivity index (χ3v) is 2.55. The van der Waals surface area contributed by atoms with Crippen LogP contribution in [-0.4, -0.2) is 14.7 Å². The number of rotatable bonds is 4. The van der Waals surface area contributed by atoms with Gasteiger partial charge in [0.15, 0.2) is 0 Å². The molecule has 6 nitrogen and oxygen atoms in total. The van der Waals surface area contributed by atoms with Crippen molar-refractivity contribution in [1.82, 2.24) is 9.78 Å². The molecule has 1 aromatic heterocycles. The van der Waals surface area contributed by atoms with E-state index in [4.69, 9.17) is 0 Å². The number of halogens is 1. The molecule has 0 bridgehead atoms. The topological polar surface area (TPSA) is 73.0 Å². The average molecular weight is 250 g/mol. The molecule has 18 heavy (non-hydrogen) atoms. The third kappa shape index (κ3) is 2.29. The van der Waals surface area contributed by atoms with Gasteiger partial charge < -0.3 is 5.32 Å². The number of nitrogens with zero attached hydrogens (tertiary/aromatic N) is 3. The van der Waals surface area contributed by atoms with Gasteiger partial charge in [0.2, 0.25) is 5.82 Å². The lowest BCUT2D eigenvalue weighted by Gasteiger charge is -2.07. The zero-order chi connectivity index (χ0) is 13.1. The lowest BCUT2D eigenvalue weighted by atomic mass is 10.2. The average Bonchev–Trinajstić information content (AvgIpc) is 2.71. The Morgan fingerprint density at radius 2 is 2.28 bits per heavy atom. The molecule has 1 aromatic carbocycles. The van der Waals surface area contributed by atoms with Crippen LogP contribution in [0.5, 0.6) is 0 Å². The Balaban J connectivity index is 2.22. The van der Waals surface area contributed by atoms with Crippen molar-refractivity contribution in [3.05, 3.63) is 52.1 Å². The lowest BCUT2D eigenvalue weighted by Crippen LogP contribution is -2.07. The van der Waals surface area contributed by atoms with Crippen LogP contribution in [-0.2, 0) is 13.6 Å². The Morgan fingerprint density at radius 1 is 1.50 bits per heavy atom. The first kappa shape index (κ1) is 12.0. The Bertz CT molecular complexity index is 582. The number of para-hydroxylation sites is 1. The number of aromatic nitrogens is 2. The summed E-state index contributed by atoms with van der Waals surface area (Å²) in [6.45, 7) is 0.334. The SMILES string of the molecule is Cn1nccc1CNc1cccc(F)c1[N+](=O)[O-]. The largest absolute Gasteiger partial charge is 0.374 e. The summed E-state index contributed by atoms with van der Waals surface area (Å²) in [6, 6.07) is 5.73. The molecule has 0 aliphatic rings. The minimum Gasteiger partial charge on any atom is -0.374 e. The standard InChI is InChI=1S/C11H11FN4O2/c1-15-8(5-6-14-15)7-13-10-4-2-3-9(12)11(10)16(17)18/h2-6,13H,7H2,1H3. The van der Waals surface area contributed by atoms with Crippen LogP contribution in [0.3, 0.4) is 0 Å². The number of anilines is 1. The summed E-state index contributed by atoms with van der Waals surface area (Å²) in [5, 5.41) is 17.6. The van der Waals surface area contributed by atoms with Gasteiger partial charge in [0.25, 0.3) is 0 Å². The molecule has 7 heteroatoms. The summed E-state index contributed by atoms with van der Waals surface area (Å²) in [5.41, 5.74) is 0.453. The van der Waals surface area contributed by atoms with Gasteiger partial charge in [0.05, 0.1) is 17.2 Å². The Kier molecular flexibility index (Phi) is 3.22. The van der Waals surface area contributed by atoms with Gasteiger partial charge in [0.1, 0.15) is 5.69 Å². The second-order valence-electron chi connectivity index (χ2n) is 3.69. The quantitative estimate of drug-likeness (QED) is 0.666. The van der Waals surface area contributed by atoms with E-state index >= 15 is 0 Å². The maximum absolute atomic E-state index is 13.3. The number of aryl methyl sites for hydroxylation is 1.